The first-order valence-electron chi connectivity index (χ1n) is 8.26. The molecule has 1 aliphatic carbocycles. The Bertz CT molecular complexity index is 869. The van der Waals surface area contributed by atoms with Crippen molar-refractivity contribution in [2.75, 3.05) is 17.2 Å². The lowest BCUT2D eigenvalue weighted by molar-refractivity contribution is -0.117. The molecule has 138 valence electrons. The van der Waals surface area contributed by atoms with Gasteiger partial charge in [0.05, 0.1) is 23.8 Å². The van der Waals surface area contributed by atoms with Gasteiger partial charge in [0.2, 0.25) is 15.9 Å². The minimum atomic E-state index is -3.73. The van der Waals surface area contributed by atoms with Crippen LogP contribution in [-0.2, 0) is 25.0 Å². The summed E-state index contributed by atoms with van der Waals surface area (Å²) in [6.45, 7) is 1.35. The molecule has 1 N–H and O–H groups in total. The van der Waals surface area contributed by atoms with Crippen LogP contribution in [0, 0.1) is 11.3 Å². The van der Waals surface area contributed by atoms with Gasteiger partial charge in [0.25, 0.3) is 0 Å². The molecule has 1 aliphatic heterocycles. The number of carbonyl (C=O) groups excluding carboxylic acids is 2. The fourth-order valence-electron chi connectivity index (χ4n) is 2.99. The van der Waals surface area contributed by atoms with Crippen molar-refractivity contribution in [3.63, 3.8) is 0 Å². The van der Waals surface area contributed by atoms with Crippen molar-refractivity contribution in [2.24, 2.45) is 0 Å². The highest BCUT2D eigenvalue weighted by molar-refractivity contribution is 7.90. The van der Waals surface area contributed by atoms with E-state index in [9.17, 15) is 23.3 Å². The molecule has 26 heavy (non-hydrogen) atoms. The van der Waals surface area contributed by atoms with E-state index in [1.165, 1.54) is 4.90 Å². The van der Waals surface area contributed by atoms with Crippen molar-refractivity contribution in [2.45, 2.75) is 37.7 Å². The Morgan fingerprint density at radius 1 is 1.38 bits per heavy atom. The quantitative estimate of drug-likeness (QED) is 0.801. The van der Waals surface area contributed by atoms with E-state index in [1.54, 1.807) is 12.1 Å². The lowest BCUT2D eigenvalue weighted by Crippen LogP contribution is -2.32. The Morgan fingerprint density at radius 2 is 2.04 bits per heavy atom. The molecule has 8 nitrogen and oxygen atoms in total. The fraction of sp³-hybridized carbons (Fsp3) is 0.471. The summed E-state index contributed by atoms with van der Waals surface area (Å²) in [5.41, 5.74) is 1.19. The first-order valence-corrected chi connectivity index (χ1v) is 9.91. The minimum Gasteiger partial charge on any atom is -0.444 e. The number of amides is 2. The first-order chi connectivity index (χ1) is 12.2. The normalized spacial score (nSPS) is 21.0. The van der Waals surface area contributed by atoms with Crippen LogP contribution in [0.4, 0.5) is 10.5 Å². The number of nitrogens with zero attached hydrogens (tertiary/aromatic N) is 2. The maximum atomic E-state index is 12.1. The van der Waals surface area contributed by atoms with E-state index in [0.717, 1.165) is 25.3 Å². The SMILES string of the molecule is CC(=O)NS(=O)(=O)CC[C@H]1CN(c2ccc(C3(C#N)CC3)cc2)C(=O)O1. The van der Waals surface area contributed by atoms with E-state index < -0.39 is 28.1 Å². The molecular formula is C17H19N3O5S. The second-order valence-electron chi connectivity index (χ2n) is 6.62. The highest BCUT2D eigenvalue weighted by Gasteiger charge is 2.45. The maximum absolute atomic E-state index is 12.1. The van der Waals surface area contributed by atoms with Gasteiger partial charge in [-0.1, -0.05) is 12.1 Å². The van der Waals surface area contributed by atoms with Crippen molar-refractivity contribution in [3.05, 3.63) is 29.8 Å². The van der Waals surface area contributed by atoms with Gasteiger partial charge in [-0.25, -0.2) is 13.2 Å². The lowest BCUT2D eigenvalue weighted by atomic mass is 9.97. The van der Waals surface area contributed by atoms with E-state index in [2.05, 4.69) is 6.07 Å². The summed E-state index contributed by atoms with van der Waals surface area (Å²) < 4.78 is 30.5. The molecule has 0 aromatic heterocycles. The van der Waals surface area contributed by atoms with Crippen LogP contribution in [0.25, 0.3) is 0 Å². The van der Waals surface area contributed by atoms with Gasteiger partial charge >= 0.3 is 6.09 Å². The average molecular weight is 377 g/mol. The number of hydrogen-bond acceptors (Lipinski definition) is 6. The van der Waals surface area contributed by atoms with Crippen LogP contribution < -0.4 is 9.62 Å². The van der Waals surface area contributed by atoms with Crippen molar-refractivity contribution in [1.29, 1.82) is 5.26 Å². The molecule has 2 aliphatic rings. The molecule has 9 heteroatoms. The van der Waals surface area contributed by atoms with E-state index in [0.29, 0.717) is 5.69 Å². The molecule has 0 bridgehead atoms. The summed E-state index contributed by atoms with van der Waals surface area (Å²) in [6, 6.07) is 9.54. The second kappa shape index (κ2) is 6.61. The molecule has 1 heterocycles. The van der Waals surface area contributed by atoms with Gasteiger partial charge in [-0.3, -0.25) is 14.4 Å². The standard InChI is InChI=1S/C17H19N3O5S/c1-12(21)19-26(23,24)9-6-15-10-20(16(22)25-15)14-4-2-13(3-5-14)17(11-18)7-8-17/h2-5,15H,6-10H2,1H3,(H,19,21)/t15-/m0/s1. The summed E-state index contributed by atoms with van der Waals surface area (Å²) in [5.74, 6) is -0.955. The maximum Gasteiger partial charge on any atom is 0.414 e. The zero-order chi connectivity index (χ0) is 18.9. The molecule has 2 amide bonds. The molecular weight excluding hydrogens is 358 g/mol. The number of nitrogens with one attached hydrogen (secondary N) is 1. The van der Waals surface area contributed by atoms with E-state index in [-0.39, 0.29) is 24.1 Å². The highest BCUT2D eigenvalue weighted by atomic mass is 32.2. The van der Waals surface area contributed by atoms with Crippen LogP contribution in [0.3, 0.4) is 0 Å². The van der Waals surface area contributed by atoms with Crippen LogP contribution in [0.2, 0.25) is 0 Å². The summed E-state index contributed by atoms with van der Waals surface area (Å²) >= 11 is 0. The molecule has 2 fully saturated rings. The van der Waals surface area contributed by atoms with Crippen molar-refractivity contribution >= 4 is 27.7 Å². The van der Waals surface area contributed by atoms with Crippen LogP contribution >= 0.6 is 0 Å². The van der Waals surface area contributed by atoms with Gasteiger partial charge in [0, 0.05) is 19.0 Å². The number of ether oxygens (including phenoxy) is 1. The molecule has 1 saturated heterocycles. The van der Waals surface area contributed by atoms with E-state index in [4.69, 9.17) is 4.74 Å². The Kier molecular flexibility index (Phi) is 4.63. The number of anilines is 1. The zero-order valence-electron chi connectivity index (χ0n) is 14.3. The minimum absolute atomic E-state index is 0.0977. The average Bonchev–Trinajstić information content (AvgIpc) is 3.29. The number of hydrogen-bond donors (Lipinski definition) is 1. The Morgan fingerprint density at radius 3 is 2.58 bits per heavy atom. The summed E-state index contributed by atoms with van der Waals surface area (Å²) in [4.78, 5) is 24.4. The van der Waals surface area contributed by atoms with Gasteiger partial charge < -0.3 is 4.74 Å². The smallest absolute Gasteiger partial charge is 0.414 e. The fourth-order valence-corrected chi connectivity index (χ4v) is 4.10. The largest absolute Gasteiger partial charge is 0.444 e. The Balaban J connectivity index is 1.61. The molecule has 0 radical (unpaired) electrons. The summed E-state index contributed by atoms with van der Waals surface area (Å²) in [6.07, 6.45) is 0.681. The second-order valence-corrected chi connectivity index (χ2v) is 8.46. The van der Waals surface area contributed by atoms with Crippen molar-refractivity contribution < 1.29 is 22.7 Å². The number of sulfonamides is 1. The van der Waals surface area contributed by atoms with Gasteiger partial charge in [-0.05, 0) is 30.5 Å². The molecule has 3 rings (SSSR count). The van der Waals surface area contributed by atoms with Crippen molar-refractivity contribution in [1.82, 2.24) is 4.72 Å². The van der Waals surface area contributed by atoms with Crippen molar-refractivity contribution in [3.8, 4) is 6.07 Å². The van der Waals surface area contributed by atoms with Crippen LogP contribution in [0.15, 0.2) is 24.3 Å². The van der Waals surface area contributed by atoms with Crippen LogP contribution in [0.5, 0.6) is 0 Å². The molecule has 0 unspecified atom stereocenters. The molecule has 0 spiro atoms. The topological polar surface area (TPSA) is 117 Å². The predicted molar refractivity (Wildman–Crippen MR) is 92.8 cm³/mol. The van der Waals surface area contributed by atoms with Crippen LogP contribution in [-0.4, -0.2) is 38.8 Å². The Hall–Kier alpha value is -2.60. The summed E-state index contributed by atoms with van der Waals surface area (Å²) in [7, 11) is -3.73. The van der Waals surface area contributed by atoms with E-state index >= 15 is 0 Å². The third-order valence-electron chi connectivity index (χ3n) is 4.58. The van der Waals surface area contributed by atoms with Crippen LogP contribution in [0.1, 0.15) is 31.7 Å². The van der Waals surface area contributed by atoms with Gasteiger partial charge in [0.1, 0.15) is 6.10 Å². The number of nitriles is 1. The number of benzene rings is 1. The van der Waals surface area contributed by atoms with Gasteiger partial charge in [0.15, 0.2) is 0 Å². The predicted octanol–water partition coefficient (Wildman–Crippen LogP) is 1.42. The molecule has 1 saturated carbocycles. The van der Waals surface area contributed by atoms with Gasteiger partial charge in [-0.15, -0.1) is 0 Å². The molecule has 1 aromatic rings. The first kappa shape index (κ1) is 18.2. The van der Waals surface area contributed by atoms with E-state index in [1.807, 2.05) is 16.9 Å². The molecule has 1 aromatic carbocycles. The number of rotatable bonds is 6. The lowest BCUT2D eigenvalue weighted by Gasteiger charge is -2.14. The zero-order valence-corrected chi connectivity index (χ0v) is 15.1. The monoisotopic (exact) mass is 377 g/mol. The number of cyclic esters (lactones) is 1. The van der Waals surface area contributed by atoms with Gasteiger partial charge in [-0.2, -0.15) is 5.26 Å². The Labute approximate surface area is 151 Å². The molecule has 1 atom stereocenters. The highest BCUT2D eigenvalue weighted by Crippen LogP contribution is 2.47. The number of carbonyl (C=O) groups is 2. The third-order valence-corrected chi connectivity index (χ3v) is 5.95. The third kappa shape index (κ3) is 3.80. The summed E-state index contributed by atoms with van der Waals surface area (Å²) in [5, 5.41) is 9.24.